The molecule has 138 valence electrons. The van der Waals surface area contributed by atoms with Gasteiger partial charge in [0, 0.05) is 24.0 Å². The maximum atomic E-state index is 12.5. The molecule has 1 aliphatic rings. The third-order valence-corrected chi connectivity index (χ3v) is 3.87. The average molecular weight is 360 g/mol. The number of esters is 2. The fourth-order valence-corrected chi connectivity index (χ4v) is 2.75. The Bertz CT molecular complexity index is 797. The molecule has 1 aromatic rings. The van der Waals surface area contributed by atoms with Crippen molar-refractivity contribution in [2.24, 2.45) is 0 Å². The van der Waals surface area contributed by atoms with E-state index in [1.54, 1.807) is 26.8 Å². The first-order valence-corrected chi connectivity index (χ1v) is 8.16. The van der Waals surface area contributed by atoms with Crippen LogP contribution in [0.1, 0.15) is 32.3 Å². The molecule has 1 atom stereocenters. The molecule has 0 bridgehead atoms. The summed E-state index contributed by atoms with van der Waals surface area (Å²) in [6, 6.07) is 5.83. The highest BCUT2D eigenvalue weighted by Crippen LogP contribution is 2.38. The number of hydrogen-bond donors (Lipinski definition) is 1. The van der Waals surface area contributed by atoms with Gasteiger partial charge in [0.2, 0.25) is 0 Å². The first-order valence-electron chi connectivity index (χ1n) is 8.16. The minimum absolute atomic E-state index is 0.134. The van der Waals surface area contributed by atoms with Gasteiger partial charge in [0.1, 0.15) is 0 Å². The van der Waals surface area contributed by atoms with Crippen LogP contribution in [-0.2, 0) is 19.1 Å². The topological polar surface area (TPSA) is 108 Å². The van der Waals surface area contributed by atoms with E-state index in [1.165, 1.54) is 24.4 Å². The predicted molar refractivity (Wildman–Crippen MR) is 93.0 cm³/mol. The van der Waals surface area contributed by atoms with E-state index >= 15 is 0 Å². The maximum Gasteiger partial charge on any atom is 0.336 e. The third-order valence-electron chi connectivity index (χ3n) is 3.87. The van der Waals surface area contributed by atoms with Crippen molar-refractivity contribution < 1.29 is 24.0 Å². The van der Waals surface area contributed by atoms with Gasteiger partial charge in [0.05, 0.1) is 35.2 Å². The predicted octanol–water partition coefficient (Wildman–Crippen LogP) is 2.57. The van der Waals surface area contributed by atoms with E-state index in [-0.39, 0.29) is 30.0 Å². The highest BCUT2D eigenvalue weighted by Gasteiger charge is 2.36. The third kappa shape index (κ3) is 3.90. The number of hydrogen-bond acceptors (Lipinski definition) is 7. The summed E-state index contributed by atoms with van der Waals surface area (Å²) in [5, 5.41) is 14.0. The molecule has 0 saturated carbocycles. The Morgan fingerprint density at radius 1 is 1.19 bits per heavy atom. The monoisotopic (exact) mass is 360 g/mol. The number of non-ortho nitro benzene ring substituents is 1. The number of carbonyl (C=O) groups excluding carboxylic acids is 2. The second-order valence-electron chi connectivity index (χ2n) is 5.51. The van der Waals surface area contributed by atoms with Crippen molar-refractivity contribution in [3.63, 3.8) is 0 Å². The molecule has 1 N–H and O–H groups in total. The van der Waals surface area contributed by atoms with Gasteiger partial charge in [-0.15, -0.1) is 0 Å². The van der Waals surface area contributed by atoms with Crippen LogP contribution in [0.15, 0.2) is 47.3 Å². The van der Waals surface area contributed by atoms with E-state index in [4.69, 9.17) is 9.47 Å². The van der Waals surface area contributed by atoms with Crippen LogP contribution in [0.4, 0.5) is 5.69 Å². The highest BCUT2D eigenvalue weighted by atomic mass is 16.6. The Morgan fingerprint density at radius 3 is 2.46 bits per heavy atom. The summed E-state index contributed by atoms with van der Waals surface area (Å²) < 4.78 is 10.2. The maximum absolute atomic E-state index is 12.5. The van der Waals surface area contributed by atoms with Crippen LogP contribution in [0.3, 0.4) is 0 Å². The Hall–Kier alpha value is -3.16. The summed E-state index contributed by atoms with van der Waals surface area (Å²) in [6.45, 7) is 5.35. The zero-order valence-corrected chi connectivity index (χ0v) is 14.8. The van der Waals surface area contributed by atoms with Gasteiger partial charge in [0.25, 0.3) is 5.69 Å². The Balaban J connectivity index is 2.60. The van der Waals surface area contributed by atoms with Crippen molar-refractivity contribution in [3.8, 4) is 0 Å². The van der Waals surface area contributed by atoms with Crippen molar-refractivity contribution in [1.82, 2.24) is 5.32 Å². The molecule has 8 heteroatoms. The van der Waals surface area contributed by atoms with Crippen molar-refractivity contribution in [3.05, 3.63) is 63.0 Å². The molecule has 0 spiro atoms. The number of ether oxygens (including phenoxy) is 2. The molecule has 1 unspecified atom stereocenters. The zero-order valence-electron chi connectivity index (χ0n) is 14.8. The Labute approximate surface area is 150 Å². The van der Waals surface area contributed by atoms with Crippen molar-refractivity contribution in [2.45, 2.75) is 26.7 Å². The van der Waals surface area contributed by atoms with Gasteiger partial charge in [-0.1, -0.05) is 12.1 Å². The summed E-state index contributed by atoms with van der Waals surface area (Å²) >= 11 is 0. The van der Waals surface area contributed by atoms with E-state index < -0.39 is 22.8 Å². The van der Waals surface area contributed by atoms with Crippen LogP contribution in [0.2, 0.25) is 0 Å². The molecule has 0 amide bonds. The van der Waals surface area contributed by atoms with Gasteiger partial charge in [-0.2, -0.15) is 0 Å². The number of nitrogens with one attached hydrogen (secondary N) is 1. The minimum atomic E-state index is -0.825. The van der Waals surface area contributed by atoms with Crippen LogP contribution in [-0.4, -0.2) is 30.1 Å². The van der Waals surface area contributed by atoms with E-state index in [0.717, 1.165) is 0 Å². The van der Waals surface area contributed by atoms with Crippen LogP contribution in [0.25, 0.3) is 0 Å². The lowest BCUT2D eigenvalue weighted by molar-refractivity contribution is -0.384. The summed E-state index contributed by atoms with van der Waals surface area (Å²) in [6.07, 6.45) is 1.46. The van der Waals surface area contributed by atoms with Crippen LogP contribution in [0, 0.1) is 10.1 Å². The van der Waals surface area contributed by atoms with Crippen molar-refractivity contribution >= 4 is 17.6 Å². The van der Waals surface area contributed by atoms with Gasteiger partial charge in [-0.25, -0.2) is 9.59 Å². The number of benzene rings is 1. The minimum Gasteiger partial charge on any atom is -0.463 e. The van der Waals surface area contributed by atoms with Gasteiger partial charge in [0.15, 0.2) is 0 Å². The molecule has 0 aromatic heterocycles. The van der Waals surface area contributed by atoms with E-state index in [0.29, 0.717) is 11.3 Å². The quantitative estimate of drug-likeness (QED) is 0.472. The lowest BCUT2D eigenvalue weighted by atomic mass is 9.82. The van der Waals surface area contributed by atoms with Crippen molar-refractivity contribution in [2.75, 3.05) is 13.2 Å². The fourth-order valence-electron chi connectivity index (χ4n) is 2.75. The van der Waals surface area contributed by atoms with Gasteiger partial charge < -0.3 is 14.8 Å². The van der Waals surface area contributed by atoms with Crippen molar-refractivity contribution in [1.29, 1.82) is 0 Å². The van der Waals surface area contributed by atoms with Gasteiger partial charge in [-0.05, 0) is 26.3 Å². The van der Waals surface area contributed by atoms with Crippen LogP contribution >= 0.6 is 0 Å². The number of carbonyl (C=O) groups is 2. The highest BCUT2D eigenvalue weighted by molar-refractivity contribution is 5.99. The van der Waals surface area contributed by atoms with Gasteiger partial charge in [-0.3, -0.25) is 10.1 Å². The zero-order chi connectivity index (χ0) is 19.3. The molecule has 0 aliphatic carbocycles. The first-order chi connectivity index (χ1) is 12.4. The van der Waals surface area contributed by atoms with Crippen LogP contribution < -0.4 is 5.32 Å². The Morgan fingerprint density at radius 2 is 1.85 bits per heavy atom. The molecule has 1 aliphatic heterocycles. The second kappa shape index (κ2) is 8.28. The van der Waals surface area contributed by atoms with Crippen LogP contribution in [0.5, 0.6) is 0 Å². The number of allylic oxidation sites excluding steroid dienone is 1. The molecule has 0 saturated heterocycles. The molecule has 0 fully saturated rings. The summed E-state index contributed by atoms with van der Waals surface area (Å²) in [7, 11) is 0. The van der Waals surface area contributed by atoms with E-state index in [2.05, 4.69) is 5.32 Å². The molecular formula is C18H20N2O6. The normalized spacial score (nSPS) is 16.4. The number of nitro benzene ring substituents is 1. The first kappa shape index (κ1) is 19.2. The largest absolute Gasteiger partial charge is 0.463 e. The molecule has 2 rings (SSSR count). The van der Waals surface area contributed by atoms with Gasteiger partial charge >= 0.3 is 11.9 Å². The Kier molecular flexibility index (Phi) is 6.11. The molecule has 26 heavy (non-hydrogen) atoms. The van der Waals surface area contributed by atoms with E-state index in [1.807, 2.05) is 0 Å². The molecule has 0 radical (unpaired) electrons. The lowest BCUT2D eigenvalue weighted by Crippen LogP contribution is -2.29. The number of dihydropyridines is 1. The smallest absolute Gasteiger partial charge is 0.336 e. The SMILES string of the molecule is CCOC(=O)C1=CNC(C)=C(C(=O)OCC)C1c1cccc([N+](=O)[O-])c1. The van der Waals surface area contributed by atoms with E-state index in [9.17, 15) is 19.7 Å². The number of nitrogens with zero attached hydrogens (tertiary/aromatic N) is 1. The fraction of sp³-hybridized carbons (Fsp3) is 0.333. The molecular weight excluding hydrogens is 340 g/mol. The summed E-state index contributed by atoms with van der Waals surface area (Å²) in [5.41, 5.74) is 1.21. The summed E-state index contributed by atoms with van der Waals surface area (Å²) in [5.74, 6) is -2.02. The number of rotatable bonds is 6. The standard InChI is InChI=1S/C18H20N2O6/c1-4-25-17(21)14-10-19-11(3)15(18(22)26-5-2)16(14)12-7-6-8-13(9-12)20(23)24/h6-10,16,19H,4-5H2,1-3H3. The molecule has 1 aromatic carbocycles. The summed E-state index contributed by atoms with van der Waals surface area (Å²) in [4.78, 5) is 35.5. The average Bonchev–Trinajstić information content (AvgIpc) is 2.61. The molecule has 1 heterocycles. The molecule has 8 nitrogen and oxygen atoms in total. The number of nitro groups is 1. The second-order valence-corrected chi connectivity index (χ2v) is 5.51. The lowest BCUT2D eigenvalue weighted by Gasteiger charge is -2.27.